The van der Waals surface area contributed by atoms with Gasteiger partial charge in [-0.25, -0.2) is 4.79 Å². The van der Waals surface area contributed by atoms with Gasteiger partial charge in [-0.1, -0.05) is 11.8 Å². The molecule has 0 saturated heterocycles. The molecule has 4 nitrogen and oxygen atoms in total. The molecule has 1 aromatic carbocycles. The molecule has 1 rings (SSSR count). The predicted octanol–water partition coefficient (Wildman–Crippen LogP) is 1.93. The van der Waals surface area contributed by atoms with E-state index in [0.29, 0.717) is 11.1 Å². The summed E-state index contributed by atoms with van der Waals surface area (Å²) in [5.74, 6) is 4.40. The van der Waals surface area contributed by atoms with Crippen LogP contribution in [0.5, 0.6) is 0 Å². The molecule has 0 fully saturated rings. The average Bonchev–Trinajstić information content (AvgIpc) is 2.42. The zero-order valence-corrected chi connectivity index (χ0v) is 11.5. The van der Waals surface area contributed by atoms with Gasteiger partial charge < -0.3 is 4.74 Å². The lowest BCUT2D eigenvalue weighted by molar-refractivity contribution is -0.119. The Bertz CT molecular complexity index is 609. The molecule has 0 saturated carbocycles. The number of Topliss-reactive ketones (excluding diaryl/α,β-unsaturated/α-hetero) is 2. The number of hydrogen-bond acceptors (Lipinski definition) is 4. The molecule has 0 aliphatic rings. The van der Waals surface area contributed by atoms with Crippen molar-refractivity contribution in [3.8, 4) is 11.8 Å². The van der Waals surface area contributed by atoms with Crippen LogP contribution >= 0.6 is 0 Å². The van der Waals surface area contributed by atoms with Gasteiger partial charge in [-0.2, -0.15) is 0 Å². The number of carbonyl (C=O) groups excluding carboxylic acids is 3. The van der Waals surface area contributed by atoms with Crippen molar-refractivity contribution >= 4 is 17.5 Å². The number of esters is 1. The van der Waals surface area contributed by atoms with E-state index in [0.717, 1.165) is 0 Å². The van der Waals surface area contributed by atoms with Crippen molar-refractivity contribution in [1.29, 1.82) is 0 Å². The topological polar surface area (TPSA) is 60.4 Å². The van der Waals surface area contributed by atoms with Crippen LogP contribution < -0.4 is 0 Å². The molecule has 0 aromatic heterocycles. The first kappa shape index (κ1) is 15.4. The van der Waals surface area contributed by atoms with Crippen LogP contribution in [0.3, 0.4) is 0 Å². The van der Waals surface area contributed by atoms with Gasteiger partial charge in [-0.3, -0.25) is 9.59 Å². The Morgan fingerprint density at radius 3 is 2.05 bits per heavy atom. The van der Waals surface area contributed by atoms with E-state index in [-0.39, 0.29) is 17.1 Å². The Hall–Kier alpha value is -2.67. The maximum atomic E-state index is 11.2. The zero-order valence-electron chi connectivity index (χ0n) is 11.5. The van der Waals surface area contributed by atoms with E-state index in [2.05, 4.69) is 16.6 Å². The normalized spacial score (nSPS) is 8.95. The first-order chi connectivity index (χ1) is 9.45. The molecule has 0 heterocycles. The highest BCUT2D eigenvalue weighted by atomic mass is 16.5. The molecule has 0 aliphatic carbocycles. The molecule has 0 atom stereocenters. The second-order valence-corrected chi connectivity index (χ2v) is 4.01. The third kappa shape index (κ3) is 4.21. The number of ether oxygens (including phenoxy) is 1. The van der Waals surface area contributed by atoms with Crippen molar-refractivity contribution in [2.45, 2.75) is 13.8 Å². The number of ketones is 2. The predicted molar refractivity (Wildman–Crippen MR) is 74.1 cm³/mol. The van der Waals surface area contributed by atoms with Gasteiger partial charge in [0.1, 0.15) is 0 Å². The van der Waals surface area contributed by atoms with Gasteiger partial charge in [0, 0.05) is 11.6 Å². The Labute approximate surface area is 117 Å². The average molecular weight is 270 g/mol. The highest BCUT2D eigenvalue weighted by Crippen LogP contribution is 2.05. The van der Waals surface area contributed by atoms with Crippen molar-refractivity contribution < 1.29 is 19.1 Å². The van der Waals surface area contributed by atoms with E-state index in [4.69, 9.17) is 0 Å². The van der Waals surface area contributed by atoms with Crippen LogP contribution in [-0.2, 0) is 14.3 Å². The molecule has 102 valence electrons. The summed E-state index contributed by atoms with van der Waals surface area (Å²) in [6.07, 6.45) is 1.30. The minimum Gasteiger partial charge on any atom is -0.465 e. The standard InChI is InChI=1S/C16H14O4/c1-11(17)15(12(2)18)6-4-5-13-7-9-14(10-8-13)16(19)20-3/h6-10H,1-3H3. The van der Waals surface area contributed by atoms with Gasteiger partial charge in [0.2, 0.25) is 0 Å². The van der Waals surface area contributed by atoms with E-state index >= 15 is 0 Å². The van der Waals surface area contributed by atoms with E-state index in [9.17, 15) is 14.4 Å². The first-order valence-electron chi connectivity index (χ1n) is 5.87. The zero-order chi connectivity index (χ0) is 15.1. The third-order valence-electron chi connectivity index (χ3n) is 2.50. The highest BCUT2D eigenvalue weighted by molar-refractivity contribution is 6.18. The molecule has 0 spiro atoms. The minimum absolute atomic E-state index is 0.0729. The van der Waals surface area contributed by atoms with Gasteiger partial charge in [0.25, 0.3) is 0 Å². The van der Waals surface area contributed by atoms with Crippen LogP contribution in [0, 0.1) is 11.8 Å². The lowest BCUT2D eigenvalue weighted by Gasteiger charge is -1.98. The molecule has 20 heavy (non-hydrogen) atoms. The van der Waals surface area contributed by atoms with E-state index in [1.165, 1.54) is 27.0 Å². The Morgan fingerprint density at radius 1 is 1.05 bits per heavy atom. The molecular weight excluding hydrogens is 256 g/mol. The van der Waals surface area contributed by atoms with E-state index in [1.807, 2.05) is 0 Å². The van der Waals surface area contributed by atoms with Crippen LogP contribution in [0.4, 0.5) is 0 Å². The van der Waals surface area contributed by atoms with Crippen molar-refractivity contribution in [3.05, 3.63) is 47.0 Å². The smallest absolute Gasteiger partial charge is 0.337 e. The summed E-state index contributed by atoms with van der Waals surface area (Å²) in [4.78, 5) is 33.6. The third-order valence-corrected chi connectivity index (χ3v) is 2.50. The number of allylic oxidation sites excluding steroid dienone is 2. The highest BCUT2D eigenvalue weighted by Gasteiger charge is 2.07. The minimum atomic E-state index is -0.417. The largest absolute Gasteiger partial charge is 0.465 e. The van der Waals surface area contributed by atoms with Crippen LogP contribution in [0.1, 0.15) is 29.8 Å². The quantitative estimate of drug-likeness (QED) is 0.277. The summed E-state index contributed by atoms with van der Waals surface area (Å²) in [6, 6.07) is 6.51. The van der Waals surface area contributed by atoms with E-state index < -0.39 is 5.97 Å². The molecule has 0 bridgehead atoms. The summed E-state index contributed by atoms with van der Waals surface area (Å²) >= 11 is 0. The first-order valence-corrected chi connectivity index (χ1v) is 5.87. The fraction of sp³-hybridized carbons (Fsp3) is 0.188. The van der Waals surface area contributed by atoms with Crippen LogP contribution in [0.15, 0.2) is 35.9 Å². The summed E-state index contributed by atoms with van der Waals surface area (Å²) in [5.41, 5.74) is 1.17. The van der Waals surface area contributed by atoms with Gasteiger partial charge in [-0.05, 0) is 38.1 Å². The SMILES string of the molecule is COC(=O)c1ccc(C#CC=C(C(C)=O)C(C)=O)cc1. The number of rotatable bonds is 3. The van der Waals surface area contributed by atoms with Gasteiger partial charge >= 0.3 is 5.97 Å². The molecule has 0 aliphatic heterocycles. The van der Waals surface area contributed by atoms with Crippen molar-refractivity contribution in [2.24, 2.45) is 0 Å². The molecule has 4 heteroatoms. The van der Waals surface area contributed by atoms with E-state index in [1.54, 1.807) is 24.3 Å². The van der Waals surface area contributed by atoms with Gasteiger partial charge in [0.05, 0.1) is 18.2 Å². The number of carbonyl (C=O) groups is 3. The Kier molecular flexibility index (Phi) is 5.42. The maximum Gasteiger partial charge on any atom is 0.337 e. The Morgan fingerprint density at radius 2 is 1.60 bits per heavy atom. The second-order valence-electron chi connectivity index (χ2n) is 4.01. The molecule has 0 unspecified atom stereocenters. The van der Waals surface area contributed by atoms with Crippen LogP contribution in [0.25, 0.3) is 0 Å². The maximum absolute atomic E-state index is 11.2. The summed E-state index contributed by atoms with van der Waals surface area (Å²) < 4.78 is 4.58. The molecule has 0 N–H and O–H groups in total. The Balaban J connectivity index is 2.93. The summed E-state index contributed by atoms with van der Waals surface area (Å²) in [6.45, 7) is 2.64. The van der Waals surface area contributed by atoms with Crippen LogP contribution in [-0.4, -0.2) is 24.6 Å². The summed E-state index contributed by atoms with van der Waals surface area (Å²) in [5, 5.41) is 0. The molecule has 0 amide bonds. The number of hydrogen-bond donors (Lipinski definition) is 0. The molecule has 0 radical (unpaired) electrons. The fourth-order valence-corrected chi connectivity index (χ4v) is 1.45. The summed E-state index contributed by atoms with van der Waals surface area (Å²) in [7, 11) is 1.31. The van der Waals surface area contributed by atoms with Gasteiger partial charge in [0.15, 0.2) is 11.6 Å². The number of methoxy groups -OCH3 is 1. The van der Waals surface area contributed by atoms with Gasteiger partial charge in [-0.15, -0.1) is 0 Å². The lowest BCUT2D eigenvalue weighted by atomic mass is 10.1. The van der Waals surface area contributed by atoms with Crippen LogP contribution in [0.2, 0.25) is 0 Å². The second kappa shape index (κ2) is 7.05. The van der Waals surface area contributed by atoms with Crippen molar-refractivity contribution in [1.82, 2.24) is 0 Å². The monoisotopic (exact) mass is 270 g/mol. The molecular formula is C16H14O4. The number of benzene rings is 1. The lowest BCUT2D eigenvalue weighted by Crippen LogP contribution is -2.05. The van der Waals surface area contributed by atoms with Crippen molar-refractivity contribution in [2.75, 3.05) is 7.11 Å². The molecule has 1 aromatic rings. The van der Waals surface area contributed by atoms with Crippen molar-refractivity contribution in [3.63, 3.8) is 0 Å². The fourth-order valence-electron chi connectivity index (χ4n) is 1.45.